The molecule has 0 fully saturated rings. The summed E-state index contributed by atoms with van der Waals surface area (Å²) in [5, 5.41) is 11.5. The molecule has 0 aliphatic carbocycles. The van der Waals surface area contributed by atoms with Crippen LogP contribution in [0, 0.1) is 0 Å². The van der Waals surface area contributed by atoms with E-state index in [0.29, 0.717) is 18.6 Å². The summed E-state index contributed by atoms with van der Waals surface area (Å²) >= 11 is 0. The highest BCUT2D eigenvalue weighted by atomic mass is 16.5. The number of hydrogen-bond acceptors (Lipinski definition) is 4. The monoisotopic (exact) mass is 309 g/mol. The lowest BCUT2D eigenvalue weighted by Gasteiger charge is -2.16. The van der Waals surface area contributed by atoms with E-state index in [0.717, 1.165) is 5.56 Å². The van der Waals surface area contributed by atoms with Gasteiger partial charge in [0.25, 0.3) is 0 Å². The van der Waals surface area contributed by atoms with Crippen molar-refractivity contribution in [3.63, 3.8) is 0 Å². The molecule has 0 saturated heterocycles. The second kappa shape index (κ2) is 9.04. The van der Waals surface area contributed by atoms with Gasteiger partial charge >= 0.3 is 5.97 Å². The second-order valence-electron chi connectivity index (χ2n) is 5.13. The third-order valence-electron chi connectivity index (χ3n) is 3.30. The van der Waals surface area contributed by atoms with Crippen LogP contribution in [0.1, 0.15) is 38.3 Å². The molecule has 22 heavy (non-hydrogen) atoms. The third kappa shape index (κ3) is 6.58. The van der Waals surface area contributed by atoms with Crippen LogP contribution in [0.4, 0.5) is 0 Å². The zero-order valence-electron chi connectivity index (χ0n) is 13.2. The SMILES string of the molecule is COC(C)CCC(=O)NC(C)c1ccc(OCC(=O)O)cc1. The number of aliphatic carboxylic acids is 1. The molecule has 1 amide bonds. The summed E-state index contributed by atoms with van der Waals surface area (Å²) in [5.41, 5.74) is 0.927. The molecule has 0 aliphatic heterocycles. The number of amides is 1. The number of ether oxygens (including phenoxy) is 2. The number of nitrogens with one attached hydrogen (secondary N) is 1. The van der Waals surface area contributed by atoms with Gasteiger partial charge in [-0.2, -0.15) is 0 Å². The standard InChI is InChI=1S/C16H23NO5/c1-11(21-3)4-9-15(18)17-12(2)13-5-7-14(8-6-13)22-10-16(19)20/h5-8,11-12H,4,9-10H2,1-3H3,(H,17,18)(H,19,20). The summed E-state index contributed by atoms with van der Waals surface area (Å²) in [6.07, 6.45) is 1.16. The number of hydrogen-bond donors (Lipinski definition) is 2. The molecule has 0 aromatic heterocycles. The van der Waals surface area contributed by atoms with Crippen LogP contribution < -0.4 is 10.1 Å². The average molecular weight is 309 g/mol. The topological polar surface area (TPSA) is 84.9 Å². The molecule has 1 rings (SSSR count). The van der Waals surface area contributed by atoms with Gasteiger partial charge in [0.15, 0.2) is 6.61 Å². The Bertz CT molecular complexity index is 486. The van der Waals surface area contributed by atoms with Crippen LogP contribution in [0.25, 0.3) is 0 Å². The Morgan fingerprint density at radius 2 is 1.86 bits per heavy atom. The highest BCUT2D eigenvalue weighted by molar-refractivity contribution is 5.76. The summed E-state index contributed by atoms with van der Waals surface area (Å²) in [6.45, 7) is 3.45. The fraction of sp³-hybridized carbons (Fsp3) is 0.500. The van der Waals surface area contributed by atoms with Crippen LogP contribution in [0.15, 0.2) is 24.3 Å². The largest absolute Gasteiger partial charge is 0.482 e. The van der Waals surface area contributed by atoms with Gasteiger partial charge in [0.05, 0.1) is 12.1 Å². The van der Waals surface area contributed by atoms with Crippen molar-refractivity contribution in [2.24, 2.45) is 0 Å². The minimum absolute atomic E-state index is 0.0254. The van der Waals surface area contributed by atoms with Crippen molar-refractivity contribution in [2.45, 2.75) is 38.8 Å². The maximum Gasteiger partial charge on any atom is 0.341 e. The van der Waals surface area contributed by atoms with Crippen molar-refractivity contribution in [3.8, 4) is 5.75 Å². The maximum absolute atomic E-state index is 11.8. The van der Waals surface area contributed by atoms with Crippen molar-refractivity contribution >= 4 is 11.9 Å². The molecule has 2 unspecified atom stereocenters. The number of carbonyl (C=O) groups excluding carboxylic acids is 1. The first-order valence-electron chi connectivity index (χ1n) is 7.19. The number of rotatable bonds is 9. The van der Waals surface area contributed by atoms with Crippen molar-refractivity contribution in [1.82, 2.24) is 5.32 Å². The first kappa shape index (κ1) is 18.0. The van der Waals surface area contributed by atoms with Gasteiger partial charge in [-0.15, -0.1) is 0 Å². The second-order valence-corrected chi connectivity index (χ2v) is 5.13. The van der Waals surface area contributed by atoms with Crippen LogP contribution in [-0.4, -0.2) is 36.8 Å². The Kier molecular flexibility index (Phi) is 7.39. The number of carboxylic acids is 1. The van der Waals surface area contributed by atoms with Crippen LogP contribution in [0.5, 0.6) is 5.75 Å². The van der Waals surface area contributed by atoms with E-state index in [4.69, 9.17) is 14.6 Å². The van der Waals surface area contributed by atoms with Crippen molar-refractivity contribution in [1.29, 1.82) is 0 Å². The zero-order valence-corrected chi connectivity index (χ0v) is 13.2. The third-order valence-corrected chi connectivity index (χ3v) is 3.30. The Balaban J connectivity index is 2.46. The molecule has 0 aliphatic rings. The molecule has 6 heteroatoms. The highest BCUT2D eigenvalue weighted by Gasteiger charge is 2.11. The number of benzene rings is 1. The van der Waals surface area contributed by atoms with E-state index in [2.05, 4.69) is 5.32 Å². The molecule has 1 aromatic rings. The van der Waals surface area contributed by atoms with Gasteiger partial charge in [0.1, 0.15) is 5.75 Å². The number of carbonyl (C=O) groups is 2. The lowest BCUT2D eigenvalue weighted by Crippen LogP contribution is -2.27. The van der Waals surface area contributed by atoms with E-state index in [1.165, 1.54) is 0 Å². The zero-order chi connectivity index (χ0) is 16.5. The van der Waals surface area contributed by atoms with Crippen LogP contribution in [0.2, 0.25) is 0 Å². The number of carboxylic acid groups (broad SMARTS) is 1. The Labute approximate surface area is 130 Å². The average Bonchev–Trinajstić information content (AvgIpc) is 2.50. The minimum Gasteiger partial charge on any atom is -0.482 e. The van der Waals surface area contributed by atoms with E-state index < -0.39 is 5.97 Å². The quantitative estimate of drug-likeness (QED) is 0.730. The van der Waals surface area contributed by atoms with Gasteiger partial charge in [-0.05, 0) is 38.0 Å². The van der Waals surface area contributed by atoms with Crippen molar-refractivity contribution in [2.75, 3.05) is 13.7 Å². The fourth-order valence-electron chi connectivity index (χ4n) is 1.85. The van der Waals surface area contributed by atoms with Gasteiger partial charge in [0, 0.05) is 13.5 Å². The van der Waals surface area contributed by atoms with Crippen LogP contribution in [-0.2, 0) is 14.3 Å². The molecule has 2 atom stereocenters. The van der Waals surface area contributed by atoms with E-state index >= 15 is 0 Å². The van der Waals surface area contributed by atoms with Gasteiger partial charge < -0.3 is 19.9 Å². The van der Waals surface area contributed by atoms with E-state index in [-0.39, 0.29) is 24.7 Å². The molecule has 0 heterocycles. The van der Waals surface area contributed by atoms with Crippen molar-refractivity contribution in [3.05, 3.63) is 29.8 Å². The van der Waals surface area contributed by atoms with E-state index in [1.807, 2.05) is 13.8 Å². The predicted molar refractivity (Wildman–Crippen MR) is 81.8 cm³/mol. The van der Waals surface area contributed by atoms with Crippen LogP contribution in [0.3, 0.4) is 0 Å². The van der Waals surface area contributed by atoms with Gasteiger partial charge in [-0.1, -0.05) is 12.1 Å². The molecule has 0 bridgehead atoms. The molecule has 0 spiro atoms. The molecular weight excluding hydrogens is 286 g/mol. The molecular formula is C16H23NO5. The molecule has 0 radical (unpaired) electrons. The minimum atomic E-state index is -1.02. The molecule has 122 valence electrons. The fourth-order valence-corrected chi connectivity index (χ4v) is 1.85. The normalized spacial score (nSPS) is 13.2. The van der Waals surface area contributed by atoms with Gasteiger partial charge in [0.2, 0.25) is 5.91 Å². The lowest BCUT2D eigenvalue weighted by atomic mass is 10.1. The van der Waals surface area contributed by atoms with Crippen LogP contribution >= 0.6 is 0 Å². The molecule has 2 N–H and O–H groups in total. The summed E-state index contributed by atoms with van der Waals surface area (Å²) in [7, 11) is 1.62. The Hall–Kier alpha value is -2.08. The number of methoxy groups -OCH3 is 1. The molecule has 0 saturated carbocycles. The Morgan fingerprint density at radius 1 is 1.23 bits per heavy atom. The summed E-state index contributed by atoms with van der Waals surface area (Å²) in [5.74, 6) is -0.559. The predicted octanol–water partition coefficient (Wildman–Crippen LogP) is 2.14. The van der Waals surface area contributed by atoms with Crippen molar-refractivity contribution < 1.29 is 24.2 Å². The summed E-state index contributed by atoms with van der Waals surface area (Å²) < 4.78 is 10.2. The highest BCUT2D eigenvalue weighted by Crippen LogP contribution is 2.18. The lowest BCUT2D eigenvalue weighted by molar-refractivity contribution is -0.139. The van der Waals surface area contributed by atoms with Gasteiger partial charge in [-0.3, -0.25) is 4.79 Å². The maximum atomic E-state index is 11.8. The Morgan fingerprint density at radius 3 is 2.41 bits per heavy atom. The first-order chi connectivity index (χ1) is 10.4. The first-order valence-corrected chi connectivity index (χ1v) is 7.19. The molecule has 6 nitrogen and oxygen atoms in total. The molecule has 1 aromatic carbocycles. The smallest absolute Gasteiger partial charge is 0.341 e. The van der Waals surface area contributed by atoms with Gasteiger partial charge in [-0.25, -0.2) is 4.79 Å². The van der Waals surface area contributed by atoms with E-state index in [9.17, 15) is 9.59 Å². The summed E-state index contributed by atoms with van der Waals surface area (Å²) in [6, 6.07) is 6.86. The van der Waals surface area contributed by atoms with E-state index in [1.54, 1.807) is 31.4 Å². The summed E-state index contributed by atoms with van der Waals surface area (Å²) in [4.78, 5) is 22.3.